The Bertz CT molecular complexity index is 762. The van der Waals surface area contributed by atoms with Crippen LogP contribution in [0.3, 0.4) is 0 Å². The number of carbonyl (C=O) groups is 1. The summed E-state index contributed by atoms with van der Waals surface area (Å²) in [5, 5.41) is 4.00. The van der Waals surface area contributed by atoms with Crippen molar-refractivity contribution in [3.05, 3.63) is 63.9 Å². The highest BCUT2D eigenvalue weighted by Crippen LogP contribution is 2.32. The lowest BCUT2D eigenvalue weighted by molar-refractivity contribution is 0.194. The van der Waals surface area contributed by atoms with E-state index in [9.17, 15) is 9.18 Å². The topological polar surface area (TPSA) is 35.6 Å². The number of carbonyl (C=O) groups excluding carboxylic acids is 1. The van der Waals surface area contributed by atoms with Crippen molar-refractivity contribution in [3.8, 4) is 0 Å². The highest BCUT2D eigenvalue weighted by molar-refractivity contribution is 6.43. The van der Waals surface area contributed by atoms with Gasteiger partial charge in [0.2, 0.25) is 0 Å². The predicted molar refractivity (Wildman–Crippen MR) is 104 cm³/mol. The first-order valence-electron chi connectivity index (χ1n) is 8.51. The predicted octanol–water partition coefficient (Wildman–Crippen LogP) is 4.21. The van der Waals surface area contributed by atoms with Crippen LogP contribution < -0.4 is 10.2 Å². The van der Waals surface area contributed by atoms with Crippen LogP contribution in [0.4, 0.5) is 14.9 Å². The zero-order valence-electron chi connectivity index (χ0n) is 14.2. The van der Waals surface area contributed by atoms with Gasteiger partial charge in [-0.2, -0.15) is 0 Å². The zero-order chi connectivity index (χ0) is 18.5. The minimum atomic E-state index is -0.254. The van der Waals surface area contributed by atoms with Gasteiger partial charge in [0.1, 0.15) is 5.82 Å². The first kappa shape index (κ1) is 18.8. The van der Waals surface area contributed by atoms with Crippen molar-refractivity contribution < 1.29 is 9.18 Å². The van der Waals surface area contributed by atoms with E-state index in [-0.39, 0.29) is 11.8 Å². The van der Waals surface area contributed by atoms with Gasteiger partial charge in [-0.1, -0.05) is 41.4 Å². The third-order valence-electron chi connectivity index (χ3n) is 4.44. The van der Waals surface area contributed by atoms with Crippen molar-refractivity contribution in [1.82, 2.24) is 10.2 Å². The summed E-state index contributed by atoms with van der Waals surface area (Å²) in [7, 11) is 0. The summed E-state index contributed by atoms with van der Waals surface area (Å²) in [4.78, 5) is 16.2. The van der Waals surface area contributed by atoms with E-state index in [2.05, 4.69) is 10.2 Å². The zero-order valence-corrected chi connectivity index (χ0v) is 15.7. The molecule has 1 aliphatic heterocycles. The molecule has 0 aliphatic carbocycles. The van der Waals surface area contributed by atoms with Crippen molar-refractivity contribution in [2.24, 2.45) is 0 Å². The third-order valence-corrected chi connectivity index (χ3v) is 5.25. The second kappa shape index (κ2) is 8.60. The fraction of sp³-hybridized carbons (Fsp3) is 0.316. The monoisotopic (exact) mass is 395 g/mol. The lowest BCUT2D eigenvalue weighted by atomic mass is 10.1. The minimum absolute atomic E-state index is 0.0797. The van der Waals surface area contributed by atoms with Crippen LogP contribution in [0.2, 0.25) is 10.0 Å². The van der Waals surface area contributed by atoms with Crippen LogP contribution in [-0.4, -0.2) is 43.7 Å². The van der Waals surface area contributed by atoms with Gasteiger partial charge in [0, 0.05) is 32.7 Å². The molecule has 2 aromatic carbocycles. The Labute approximate surface area is 162 Å². The standard InChI is InChI=1S/C19H20Cl2FN3O/c20-16-2-1-3-17(18(16)21)24-10-12-25(13-11-24)19(26)23-9-8-14-4-6-15(22)7-5-14/h1-7H,8-13H2,(H,23,26). The highest BCUT2D eigenvalue weighted by atomic mass is 35.5. The summed E-state index contributed by atoms with van der Waals surface area (Å²) < 4.78 is 12.9. The molecule has 3 rings (SSSR count). The summed E-state index contributed by atoms with van der Waals surface area (Å²) in [5.41, 5.74) is 1.89. The van der Waals surface area contributed by atoms with Gasteiger partial charge in [0.15, 0.2) is 0 Å². The van der Waals surface area contributed by atoms with Crippen LogP contribution in [0.5, 0.6) is 0 Å². The Morgan fingerprint density at radius 3 is 2.42 bits per heavy atom. The fourth-order valence-corrected chi connectivity index (χ4v) is 3.38. The van der Waals surface area contributed by atoms with Gasteiger partial charge in [0.05, 0.1) is 15.7 Å². The number of benzene rings is 2. The Hall–Kier alpha value is -1.98. The molecule has 0 unspecified atom stereocenters. The van der Waals surface area contributed by atoms with E-state index in [4.69, 9.17) is 23.2 Å². The number of hydrogen-bond acceptors (Lipinski definition) is 2. The molecule has 26 heavy (non-hydrogen) atoms. The fourth-order valence-electron chi connectivity index (χ4n) is 2.96. The smallest absolute Gasteiger partial charge is 0.317 e. The summed E-state index contributed by atoms with van der Waals surface area (Å²) in [6, 6.07) is 11.8. The highest BCUT2D eigenvalue weighted by Gasteiger charge is 2.22. The normalized spacial score (nSPS) is 14.4. The van der Waals surface area contributed by atoms with Gasteiger partial charge in [-0.05, 0) is 36.2 Å². The molecule has 0 saturated carbocycles. The lowest BCUT2D eigenvalue weighted by Crippen LogP contribution is -2.52. The first-order valence-corrected chi connectivity index (χ1v) is 9.26. The van der Waals surface area contributed by atoms with Gasteiger partial charge in [-0.15, -0.1) is 0 Å². The molecule has 1 fully saturated rings. The van der Waals surface area contributed by atoms with E-state index >= 15 is 0 Å². The van der Waals surface area contributed by atoms with Crippen LogP contribution in [-0.2, 0) is 6.42 Å². The number of rotatable bonds is 4. The van der Waals surface area contributed by atoms with E-state index < -0.39 is 0 Å². The second-order valence-corrected chi connectivity index (χ2v) is 6.94. The Morgan fingerprint density at radius 1 is 1.04 bits per heavy atom. The summed E-state index contributed by atoms with van der Waals surface area (Å²) in [6.45, 7) is 3.15. The molecule has 138 valence electrons. The molecule has 7 heteroatoms. The number of hydrogen-bond donors (Lipinski definition) is 1. The Morgan fingerprint density at radius 2 is 1.73 bits per heavy atom. The average Bonchev–Trinajstić information content (AvgIpc) is 2.66. The molecule has 0 atom stereocenters. The maximum Gasteiger partial charge on any atom is 0.317 e. The average molecular weight is 396 g/mol. The van der Waals surface area contributed by atoms with Crippen molar-refractivity contribution in [2.75, 3.05) is 37.6 Å². The first-order chi connectivity index (χ1) is 12.5. The van der Waals surface area contributed by atoms with Crippen LogP contribution in [0.15, 0.2) is 42.5 Å². The van der Waals surface area contributed by atoms with Crippen LogP contribution in [0.25, 0.3) is 0 Å². The molecule has 1 aliphatic rings. The molecule has 0 bridgehead atoms. The second-order valence-electron chi connectivity index (χ2n) is 6.16. The molecular formula is C19H20Cl2FN3O. The molecule has 1 N–H and O–H groups in total. The molecule has 1 heterocycles. The van der Waals surface area contributed by atoms with Crippen LogP contribution in [0.1, 0.15) is 5.56 Å². The molecule has 0 radical (unpaired) electrons. The minimum Gasteiger partial charge on any atom is -0.367 e. The molecule has 4 nitrogen and oxygen atoms in total. The van der Waals surface area contributed by atoms with Gasteiger partial charge in [-0.3, -0.25) is 0 Å². The number of anilines is 1. The third kappa shape index (κ3) is 4.59. The van der Waals surface area contributed by atoms with Crippen molar-refractivity contribution in [2.45, 2.75) is 6.42 Å². The quantitative estimate of drug-likeness (QED) is 0.841. The Kier molecular flexibility index (Phi) is 6.22. The van der Waals surface area contributed by atoms with E-state index in [1.165, 1.54) is 12.1 Å². The van der Waals surface area contributed by atoms with Crippen molar-refractivity contribution in [1.29, 1.82) is 0 Å². The molecular weight excluding hydrogens is 376 g/mol. The molecule has 0 spiro atoms. The van der Waals surface area contributed by atoms with E-state index in [0.717, 1.165) is 11.3 Å². The van der Waals surface area contributed by atoms with Crippen LogP contribution in [0, 0.1) is 5.82 Å². The largest absolute Gasteiger partial charge is 0.367 e. The van der Waals surface area contributed by atoms with Crippen molar-refractivity contribution in [3.63, 3.8) is 0 Å². The molecule has 0 aromatic heterocycles. The van der Waals surface area contributed by atoms with Gasteiger partial charge >= 0.3 is 6.03 Å². The van der Waals surface area contributed by atoms with E-state index in [0.29, 0.717) is 49.2 Å². The lowest BCUT2D eigenvalue weighted by Gasteiger charge is -2.36. The SMILES string of the molecule is O=C(NCCc1ccc(F)cc1)N1CCN(c2cccc(Cl)c2Cl)CC1. The molecule has 2 aromatic rings. The van der Waals surface area contributed by atoms with Gasteiger partial charge in [-0.25, -0.2) is 9.18 Å². The number of amides is 2. The maximum absolute atomic E-state index is 12.9. The van der Waals surface area contributed by atoms with Gasteiger partial charge in [0.25, 0.3) is 0 Å². The molecule has 1 saturated heterocycles. The maximum atomic E-state index is 12.9. The molecule has 2 amide bonds. The summed E-state index contributed by atoms with van der Waals surface area (Å²) in [6.07, 6.45) is 0.671. The Balaban J connectivity index is 1.46. The van der Waals surface area contributed by atoms with E-state index in [1.807, 2.05) is 12.1 Å². The number of nitrogens with one attached hydrogen (secondary N) is 1. The van der Waals surface area contributed by atoms with Crippen molar-refractivity contribution >= 4 is 34.9 Å². The van der Waals surface area contributed by atoms with Crippen LogP contribution >= 0.6 is 23.2 Å². The summed E-state index contributed by atoms with van der Waals surface area (Å²) >= 11 is 12.3. The number of nitrogens with zero attached hydrogens (tertiary/aromatic N) is 2. The number of piperazine rings is 1. The van der Waals surface area contributed by atoms with E-state index in [1.54, 1.807) is 23.1 Å². The van der Waals surface area contributed by atoms with Gasteiger partial charge < -0.3 is 15.1 Å². The number of halogens is 3. The number of urea groups is 1. The summed E-state index contributed by atoms with van der Waals surface area (Å²) in [5.74, 6) is -0.254.